The molecule has 130 valence electrons. The third-order valence-electron chi connectivity index (χ3n) is 4.47. The second-order valence-electron chi connectivity index (χ2n) is 6.14. The molecule has 0 spiro atoms. The van der Waals surface area contributed by atoms with E-state index in [1.807, 2.05) is 36.1 Å². The molecule has 1 amide bonds. The van der Waals surface area contributed by atoms with Crippen LogP contribution < -0.4 is 5.73 Å². The van der Waals surface area contributed by atoms with Gasteiger partial charge in [-0.2, -0.15) is 5.10 Å². The van der Waals surface area contributed by atoms with Crippen LogP contribution in [0.2, 0.25) is 0 Å². The van der Waals surface area contributed by atoms with E-state index >= 15 is 0 Å². The number of hydrogen-bond acceptors (Lipinski definition) is 3. The third-order valence-corrected chi connectivity index (χ3v) is 4.97. The standard InChI is InChI=1S/C17H21BrN4O.ClH/c1-12(19)13-5-7-21(8-6-13)17(23)14-10-20-22(11-14)16-4-2-3-15(18)9-16;/h2-4,9-13H,5-8,19H2,1H3;1H. The third kappa shape index (κ3) is 4.18. The Balaban J connectivity index is 0.00000208. The van der Waals surface area contributed by atoms with Gasteiger partial charge in [0.25, 0.3) is 5.91 Å². The highest BCUT2D eigenvalue weighted by atomic mass is 79.9. The SMILES string of the molecule is CC(N)C1CCN(C(=O)c2cnn(-c3cccc(Br)c3)c2)CC1.Cl. The van der Waals surface area contributed by atoms with Crippen LogP contribution in [-0.4, -0.2) is 39.7 Å². The summed E-state index contributed by atoms with van der Waals surface area (Å²) in [6.45, 7) is 3.59. The number of piperidine rings is 1. The van der Waals surface area contributed by atoms with E-state index in [2.05, 4.69) is 21.0 Å². The van der Waals surface area contributed by atoms with Crippen LogP contribution in [-0.2, 0) is 0 Å². The molecule has 1 aliphatic heterocycles. The Morgan fingerprint density at radius 1 is 1.38 bits per heavy atom. The van der Waals surface area contributed by atoms with Crippen LogP contribution in [0.15, 0.2) is 41.1 Å². The molecule has 3 rings (SSSR count). The molecule has 1 aromatic heterocycles. The van der Waals surface area contributed by atoms with Gasteiger partial charge in [0.2, 0.25) is 0 Å². The fourth-order valence-corrected chi connectivity index (χ4v) is 3.39. The van der Waals surface area contributed by atoms with E-state index in [-0.39, 0.29) is 24.4 Å². The Kier molecular flexibility index (Phi) is 6.43. The number of likely N-dealkylation sites (tertiary alicyclic amines) is 1. The van der Waals surface area contributed by atoms with Crippen LogP contribution in [0.4, 0.5) is 0 Å². The Morgan fingerprint density at radius 3 is 2.71 bits per heavy atom. The monoisotopic (exact) mass is 412 g/mol. The molecule has 2 aromatic rings. The lowest BCUT2D eigenvalue weighted by Gasteiger charge is -2.33. The van der Waals surface area contributed by atoms with E-state index in [0.717, 1.165) is 36.1 Å². The Bertz CT molecular complexity index is 695. The molecule has 2 heterocycles. The summed E-state index contributed by atoms with van der Waals surface area (Å²) < 4.78 is 2.71. The van der Waals surface area contributed by atoms with Crippen LogP contribution in [0.5, 0.6) is 0 Å². The van der Waals surface area contributed by atoms with Crippen LogP contribution in [0, 0.1) is 5.92 Å². The summed E-state index contributed by atoms with van der Waals surface area (Å²) in [6.07, 6.45) is 5.38. The van der Waals surface area contributed by atoms with Crippen molar-refractivity contribution in [2.24, 2.45) is 11.7 Å². The molecule has 1 saturated heterocycles. The van der Waals surface area contributed by atoms with Crippen molar-refractivity contribution in [1.82, 2.24) is 14.7 Å². The molecule has 7 heteroatoms. The average molecular weight is 414 g/mol. The van der Waals surface area contributed by atoms with Crippen molar-refractivity contribution in [2.45, 2.75) is 25.8 Å². The molecular formula is C17H22BrClN4O. The van der Waals surface area contributed by atoms with Gasteiger partial charge in [-0.05, 0) is 43.9 Å². The van der Waals surface area contributed by atoms with Crippen LogP contribution in [0.1, 0.15) is 30.1 Å². The van der Waals surface area contributed by atoms with E-state index in [4.69, 9.17) is 5.73 Å². The number of nitrogens with zero attached hydrogens (tertiary/aromatic N) is 3. The predicted molar refractivity (Wildman–Crippen MR) is 101 cm³/mol. The van der Waals surface area contributed by atoms with Crippen LogP contribution in [0.25, 0.3) is 5.69 Å². The molecule has 0 bridgehead atoms. The number of nitrogens with two attached hydrogens (primary N) is 1. The van der Waals surface area contributed by atoms with Gasteiger partial charge in [0.1, 0.15) is 0 Å². The summed E-state index contributed by atoms with van der Waals surface area (Å²) in [4.78, 5) is 14.5. The van der Waals surface area contributed by atoms with Gasteiger partial charge in [0.05, 0.1) is 17.4 Å². The minimum absolute atomic E-state index is 0. The second-order valence-corrected chi connectivity index (χ2v) is 7.06. The quantitative estimate of drug-likeness (QED) is 0.840. The second kappa shape index (κ2) is 8.14. The van der Waals surface area contributed by atoms with Crippen molar-refractivity contribution in [2.75, 3.05) is 13.1 Å². The number of carbonyl (C=O) groups excluding carboxylic acids is 1. The van der Waals surface area contributed by atoms with Gasteiger partial charge in [-0.15, -0.1) is 12.4 Å². The Labute approximate surface area is 156 Å². The first-order valence-electron chi connectivity index (χ1n) is 7.90. The van der Waals surface area contributed by atoms with Crippen molar-refractivity contribution in [1.29, 1.82) is 0 Å². The first-order valence-corrected chi connectivity index (χ1v) is 8.69. The van der Waals surface area contributed by atoms with Crippen molar-refractivity contribution >= 4 is 34.2 Å². The smallest absolute Gasteiger partial charge is 0.257 e. The molecule has 0 aliphatic carbocycles. The largest absolute Gasteiger partial charge is 0.339 e. The van der Waals surface area contributed by atoms with E-state index in [1.165, 1.54) is 0 Å². The lowest BCUT2D eigenvalue weighted by atomic mass is 9.91. The number of hydrogen-bond donors (Lipinski definition) is 1. The molecular weight excluding hydrogens is 392 g/mol. The highest BCUT2D eigenvalue weighted by Crippen LogP contribution is 2.21. The maximum atomic E-state index is 12.6. The van der Waals surface area contributed by atoms with E-state index < -0.39 is 0 Å². The van der Waals surface area contributed by atoms with Crippen molar-refractivity contribution in [3.05, 3.63) is 46.7 Å². The summed E-state index contributed by atoms with van der Waals surface area (Å²) in [5, 5.41) is 4.31. The molecule has 1 aromatic carbocycles. The Hall–Kier alpha value is -1.37. The van der Waals surface area contributed by atoms with Gasteiger partial charge in [-0.3, -0.25) is 4.79 Å². The maximum Gasteiger partial charge on any atom is 0.257 e. The maximum absolute atomic E-state index is 12.6. The van der Waals surface area contributed by atoms with Crippen LogP contribution >= 0.6 is 28.3 Å². The number of rotatable bonds is 3. The first-order chi connectivity index (χ1) is 11.0. The molecule has 0 saturated carbocycles. The number of aromatic nitrogens is 2. The summed E-state index contributed by atoms with van der Waals surface area (Å²) in [7, 11) is 0. The molecule has 1 fully saturated rings. The summed E-state index contributed by atoms with van der Waals surface area (Å²) >= 11 is 3.45. The summed E-state index contributed by atoms with van der Waals surface area (Å²) in [5.41, 5.74) is 7.51. The lowest BCUT2D eigenvalue weighted by molar-refractivity contribution is 0.0681. The topological polar surface area (TPSA) is 64.2 Å². The zero-order valence-corrected chi connectivity index (χ0v) is 16.0. The molecule has 1 atom stereocenters. The molecule has 2 N–H and O–H groups in total. The zero-order valence-electron chi connectivity index (χ0n) is 13.6. The van der Waals surface area contributed by atoms with E-state index in [1.54, 1.807) is 17.1 Å². The number of halogens is 2. The van der Waals surface area contributed by atoms with Gasteiger partial charge >= 0.3 is 0 Å². The number of amides is 1. The Morgan fingerprint density at radius 2 is 2.08 bits per heavy atom. The fourth-order valence-electron chi connectivity index (χ4n) is 3.00. The van der Waals surface area contributed by atoms with E-state index in [0.29, 0.717) is 11.5 Å². The number of carbonyl (C=O) groups is 1. The normalized spacial score (nSPS) is 16.5. The number of benzene rings is 1. The molecule has 1 aliphatic rings. The minimum atomic E-state index is 0. The highest BCUT2D eigenvalue weighted by molar-refractivity contribution is 9.10. The first kappa shape index (κ1) is 19.0. The molecule has 0 radical (unpaired) electrons. The van der Waals surface area contributed by atoms with Crippen molar-refractivity contribution < 1.29 is 4.79 Å². The predicted octanol–water partition coefficient (Wildman–Crippen LogP) is 3.26. The highest BCUT2D eigenvalue weighted by Gasteiger charge is 2.26. The van der Waals surface area contributed by atoms with Gasteiger partial charge in [-0.1, -0.05) is 22.0 Å². The van der Waals surface area contributed by atoms with Gasteiger partial charge in [-0.25, -0.2) is 4.68 Å². The van der Waals surface area contributed by atoms with Gasteiger partial charge in [0.15, 0.2) is 0 Å². The molecule has 1 unspecified atom stereocenters. The average Bonchev–Trinajstić information content (AvgIpc) is 3.04. The van der Waals surface area contributed by atoms with Crippen molar-refractivity contribution in [3.8, 4) is 5.69 Å². The molecule has 24 heavy (non-hydrogen) atoms. The van der Waals surface area contributed by atoms with Gasteiger partial charge < -0.3 is 10.6 Å². The zero-order chi connectivity index (χ0) is 16.4. The van der Waals surface area contributed by atoms with Gasteiger partial charge in [0, 0.05) is 29.8 Å². The molecule has 5 nitrogen and oxygen atoms in total. The summed E-state index contributed by atoms with van der Waals surface area (Å²) in [5.74, 6) is 0.567. The summed E-state index contributed by atoms with van der Waals surface area (Å²) in [6, 6.07) is 8.03. The lowest BCUT2D eigenvalue weighted by Crippen LogP contribution is -2.42. The van der Waals surface area contributed by atoms with E-state index in [9.17, 15) is 4.79 Å². The van der Waals surface area contributed by atoms with Crippen molar-refractivity contribution in [3.63, 3.8) is 0 Å². The van der Waals surface area contributed by atoms with Crippen LogP contribution in [0.3, 0.4) is 0 Å². The fraction of sp³-hybridized carbons (Fsp3) is 0.412. The minimum Gasteiger partial charge on any atom is -0.339 e.